The molecule has 0 saturated carbocycles. The SMILES string of the molecule is Cc1ccc(-c2cn[nH]c2)nc1C(=O)NC(F)(F)F. The second-order valence-corrected chi connectivity index (χ2v) is 3.80. The van der Waals surface area contributed by atoms with Gasteiger partial charge in [-0.2, -0.15) is 18.3 Å². The van der Waals surface area contributed by atoms with Gasteiger partial charge in [0, 0.05) is 11.8 Å². The molecule has 2 aromatic rings. The Hall–Kier alpha value is -2.38. The largest absolute Gasteiger partial charge is 0.484 e. The molecule has 19 heavy (non-hydrogen) atoms. The average molecular weight is 270 g/mol. The number of H-pyrrole nitrogens is 1. The van der Waals surface area contributed by atoms with Crippen LogP contribution in [0.1, 0.15) is 16.1 Å². The number of aromatic nitrogens is 3. The van der Waals surface area contributed by atoms with Crippen molar-refractivity contribution < 1.29 is 18.0 Å². The summed E-state index contributed by atoms with van der Waals surface area (Å²) in [5.41, 5.74) is 1.04. The van der Waals surface area contributed by atoms with Crippen LogP contribution in [-0.4, -0.2) is 27.4 Å². The number of amides is 1. The Kier molecular flexibility index (Phi) is 3.24. The van der Waals surface area contributed by atoms with E-state index in [1.54, 1.807) is 6.07 Å². The maximum absolute atomic E-state index is 12.1. The summed E-state index contributed by atoms with van der Waals surface area (Å²) in [6, 6.07) is 3.13. The first kappa shape index (κ1) is 13.1. The Bertz CT molecular complexity index is 592. The van der Waals surface area contributed by atoms with Gasteiger partial charge in [0.15, 0.2) is 0 Å². The van der Waals surface area contributed by atoms with E-state index in [9.17, 15) is 18.0 Å². The highest BCUT2D eigenvalue weighted by molar-refractivity contribution is 5.94. The third kappa shape index (κ3) is 3.09. The van der Waals surface area contributed by atoms with E-state index in [-0.39, 0.29) is 5.69 Å². The van der Waals surface area contributed by atoms with Crippen LogP contribution in [-0.2, 0) is 0 Å². The van der Waals surface area contributed by atoms with Crippen LogP contribution in [0.4, 0.5) is 13.2 Å². The summed E-state index contributed by atoms with van der Waals surface area (Å²) < 4.78 is 36.4. The summed E-state index contributed by atoms with van der Waals surface area (Å²) in [6.07, 6.45) is -1.79. The van der Waals surface area contributed by atoms with E-state index in [2.05, 4.69) is 15.2 Å². The molecule has 0 spiro atoms. The monoisotopic (exact) mass is 270 g/mol. The zero-order valence-corrected chi connectivity index (χ0v) is 9.75. The normalized spacial score (nSPS) is 11.4. The molecule has 0 atom stereocenters. The molecule has 8 heteroatoms. The lowest BCUT2D eigenvalue weighted by Gasteiger charge is -2.10. The lowest BCUT2D eigenvalue weighted by molar-refractivity contribution is -0.146. The molecule has 0 unspecified atom stereocenters. The van der Waals surface area contributed by atoms with Crippen LogP contribution in [0.5, 0.6) is 0 Å². The number of aromatic amines is 1. The Balaban J connectivity index is 2.35. The zero-order valence-electron chi connectivity index (χ0n) is 9.75. The predicted molar refractivity (Wildman–Crippen MR) is 60.1 cm³/mol. The second kappa shape index (κ2) is 4.71. The van der Waals surface area contributed by atoms with Crippen molar-refractivity contribution >= 4 is 5.91 Å². The molecule has 0 bridgehead atoms. The highest BCUT2D eigenvalue weighted by atomic mass is 19.4. The van der Waals surface area contributed by atoms with Gasteiger partial charge in [-0.15, -0.1) is 0 Å². The minimum absolute atomic E-state index is 0.268. The van der Waals surface area contributed by atoms with E-state index in [4.69, 9.17) is 0 Å². The molecule has 0 radical (unpaired) electrons. The number of rotatable bonds is 2. The second-order valence-electron chi connectivity index (χ2n) is 3.80. The van der Waals surface area contributed by atoms with Crippen molar-refractivity contribution in [2.45, 2.75) is 13.2 Å². The Morgan fingerprint density at radius 3 is 2.68 bits per heavy atom. The van der Waals surface area contributed by atoms with Crippen LogP contribution in [0.2, 0.25) is 0 Å². The maximum Gasteiger partial charge on any atom is 0.484 e. The van der Waals surface area contributed by atoms with Crippen LogP contribution in [0.25, 0.3) is 11.3 Å². The third-order valence-electron chi connectivity index (χ3n) is 2.36. The molecule has 0 saturated heterocycles. The number of halogens is 3. The third-order valence-corrected chi connectivity index (χ3v) is 2.36. The van der Waals surface area contributed by atoms with Crippen molar-refractivity contribution in [1.29, 1.82) is 0 Å². The number of hydrogen-bond acceptors (Lipinski definition) is 3. The van der Waals surface area contributed by atoms with Crippen molar-refractivity contribution in [2.75, 3.05) is 0 Å². The van der Waals surface area contributed by atoms with Crippen LogP contribution in [0, 0.1) is 6.92 Å². The number of aryl methyl sites for hydroxylation is 1. The van der Waals surface area contributed by atoms with Gasteiger partial charge in [0.05, 0.1) is 11.9 Å². The van der Waals surface area contributed by atoms with E-state index in [0.29, 0.717) is 16.8 Å². The summed E-state index contributed by atoms with van der Waals surface area (Å²) in [5, 5.41) is 7.19. The predicted octanol–water partition coefficient (Wildman–Crippen LogP) is 2.03. The molecule has 2 N–H and O–H groups in total. The quantitative estimate of drug-likeness (QED) is 0.820. The van der Waals surface area contributed by atoms with Crippen molar-refractivity contribution in [3.05, 3.63) is 35.8 Å². The molecular formula is C11H9F3N4O. The molecule has 0 aromatic carbocycles. The highest BCUT2D eigenvalue weighted by Gasteiger charge is 2.31. The van der Waals surface area contributed by atoms with Gasteiger partial charge in [-0.3, -0.25) is 15.2 Å². The van der Waals surface area contributed by atoms with Crippen molar-refractivity contribution in [3.8, 4) is 11.3 Å². The Morgan fingerprint density at radius 2 is 2.11 bits per heavy atom. The lowest BCUT2D eigenvalue weighted by atomic mass is 10.1. The van der Waals surface area contributed by atoms with E-state index in [1.165, 1.54) is 25.4 Å². The van der Waals surface area contributed by atoms with Crippen LogP contribution in [0.3, 0.4) is 0 Å². The molecule has 1 amide bonds. The number of nitrogens with one attached hydrogen (secondary N) is 2. The lowest BCUT2D eigenvalue weighted by Crippen LogP contribution is -2.38. The molecule has 0 aliphatic carbocycles. The van der Waals surface area contributed by atoms with Gasteiger partial charge in [0.25, 0.3) is 5.91 Å². The summed E-state index contributed by atoms with van der Waals surface area (Å²) >= 11 is 0. The molecule has 0 aliphatic rings. The van der Waals surface area contributed by atoms with Gasteiger partial charge >= 0.3 is 6.30 Å². The zero-order chi connectivity index (χ0) is 14.0. The van der Waals surface area contributed by atoms with Crippen LogP contribution >= 0.6 is 0 Å². The van der Waals surface area contributed by atoms with Crippen molar-refractivity contribution in [1.82, 2.24) is 20.5 Å². The average Bonchev–Trinajstić information content (AvgIpc) is 2.80. The number of carbonyl (C=O) groups excluding carboxylic acids is 1. The fourth-order valence-corrected chi connectivity index (χ4v) is 1.50. The topological polar surface area (TPSA) is 70.7 Å². The number of pyridine rings is 1. The van der Waals surface area contributed by atoms with E-state index in [0.717, 1.165) is 5.32 Å². The summed E-state index contributed by atoms with van der Waals surface area (Å²) in [7, 11) is 0. The minimum atomic E-state index is -4.78. The number of hydrogen-bond donors (Lipinski definition) is 2. The van der Waals surface area contributed by atoms with Gasteiger partial charge in [-0.25, -0.2) is 4.98 Å². The number of carbonyl (C=O) groups is 1. The molecule has 2 aromatic heterocycles. The van der Waals surface area contributed by atoms with Gasteiger partial charge in [0.1, 0.15) is 5.69 Å². The minimum Gasteiger partial charge on any atom is -0.285 e. The summed E-state index contributed by atoms with van der Waals surface area (Å²) in [5.74, 6) is -1.28. The van der Waals surface area contributed by atoms with Gasteiger partial charge in [-0.1, -0.05) is 6.07 Å². The molecule has 2 heterocycles. The highest BCUT2D eigenvalue weighted by Crippen LogP contribution is 2.18. The van der Waals surface area contributed by atoms with Crippen LogP contribution in [0.15, 0.2) is 24.5 Å². The van der Waals surface area contributed by atoms with Gasteiger partial charge in [0.2, 0.25) is 0 Å². The summed E-state index contributed by atoms with van der Waals surface area (Å²) in [6.45, 7) is 1.51. The first-order valence-corrected chi connectivity index (χ1v) is 5.23. The maximum atomic E-state index is 12.1. The molecule has 0 fully saturated rings. The molecule has 100 valence electrons. The Morgan fingerprint density at radius 1 is 1.37 bits per heavy atom. The first-order chi connectivity index (χ1) is 8.87. The standard InChI is InChI=1S/C11H9F3N4O/c1-6-2-3-8(7-4-15-16-5-7)17-9(6)10(19)18-11(12,13)14/h2-5H,1H3,(H,15,16)(H,18,19). The number of nitrogens with zero attached hydrogens (tertiary/aromatic N) is 2. The van der Waals surface area contributed by atoms with E-state index < -0.39 is 12.2 Å². The van der Waals surface area contributed by atoms with Crippen molar-refractivity contribution in [2.24, 2.45) is 0 Å². The van der Waals surface area contributed by atoms with Gasteiger partial charge < -0.3 is 0 Å². The fraction of sp³-hybridized carbons (Fsp3) is 0.182. The van der Waals surface area contributed by atoms with E-state index >= 15 is 0 Å². The molecular weight excluding hydrogens is 261 g/mol. The first-order valence-electron chi connectivity index (χ1n) is 5.23. The van der Waals surface area contributed by atoms with Crippen LogP contribution < -0.4 is 5.32 Å². The molecule has 2 rings (SSSR count). The van der Waals surface area contributed by atoms with Gasteiger partial charge in [-0.05, 0) is 18.6 Å². The van der Waals surface area contributed by atoms with E-state index in [1.807, 2.05) is 0 Å². The molecule has 0 aliphatic heterocycles. The fourth-order valence-electron chi connectivity index (χ4n) is 1.50. The van der Waals surface area contributed by atoms with Crippen molar-refractivity contribution in [3.63, 3.8) is 0 Å². The molecule has 5 nitrogen and oxygen atoms in total. The summed E-state index contributed by atoms with van der Waals surface area (Å²) in [4.78, 5) is 15.4. The Labute approximate surface area is 105 Å². The smallest absolute Gasteiger partial charge is 0.285 e. The number of alkyl halides is 3.